The van der Waals surface area contributed by atoms with Crippen LogP contribution in [-0.2, 0) is 25.2 Å². The number of benzene rings is 2. The van der Waals surface area contributed by atoms with E-state index in [1.54, 1.807) is 30.4 Å². The van der Waals surface area contributed by atoms with Gasteiger partial charge in [-0.1, -0.05) is 42.0 Å². The van der Waals surface area contributed by atoms with Crippen LogP contribution in [0.1, 0.15) is 46.3 Å². The van der Waals surface area contributed by atoms with Crippen molar-refractivity contribution in [2.24, 2.45) is 5.73 Å². The van der Waals surface area contributed by atoms with E-state index in [1.807, 2.05) is 12.1 Å². The van der Waals surface area contributed by atoms with Crippen LogP contribution < -0.4 is 21.1 Å². The van der Waals surface area contributed by atoms with E-state index in [9.17, 15) is 23.3 Å². The number of anilines is 1. The fourth-order valence-electron chi connectivity index (χ4n) is 5.72. The number of hydrogen-bond donors (Lipinski definition) is 3. The molecule has 0 radical (unpaired) electrons. The first-order valence-corrected chi connectivity index (χ1v) is 16.5. The number of rotatable bonds is 11. The Balaban J connectivity index is 1.56. The van der Waals surface area contributed by atoms with Crippen LogP contribution in [0.4, 0.5) is 5.69 Å². The van der Waals surface area contributed by atoms with Gasteiger partial charge in [0.2, 0.25) is 21.8 Å². The molecule has 11 nitrogen and oxygen atoms in total. The lowest BCUT2D eigenvalue weighted by Gasteiger charge is -2.35. The second-order valence-corrected chi connectivity index (χ2v) is 13.2. The van der Waals surface area contributed by atoms with Gasteiger partial charge in [0.15, 0.2) is 0 Å². The number of carbonyl (C=O) groups excluding carboxylic acids is 2. The van der Waals surface area contributed by atoms with Gasteiger partial charge in [-0.3, -0.25) is 9.59 Å². The van der Waals surface area contributed by atoms with Gasteiger partial charge < -0.3 is 25.8 Å². The summed E-state index contributed by atoms with van der Waals surface area (Å²) in [5.74, 6) is -0.759. The molecule has 2 amide bonds. The maximum Gasteiger partial charge on any atom is 0.249 e. The number of ether oxygens (including phenoxy) is 2. The molecular weight excluding hydrogens is 618 g/mol. The Labute approximate surface area is 268 Å². The summed E-state index contributed by atoms with van der Waals surface area (Å²) < 4.78 is 36.5. The Morgan fingerprint density at radius 2 is 1.96 bits per heavy atom. The number of halogens is 1. The van der Waals surface area contributed by atoms with Gasteiger partial charge in [0, 0.05) is 62.0 Å². The Morgan fingerprint density at radius 1 is 1.22 bits per heavy atom. The fourth-order valence-corrected chi connectivity index (χ4v) is 6.85. The van der Waals surface area contributed by atoms with Crippen molar-refractivity contribution in [2.75, 3.05) is 45.4 Å². The molecule has 1 aliphatic heterocycles. The van der Waals surface area contributed by atoms with Crippen LogP contribution in [0.15, 0.2) is 60.7 Å². The highest BCUT2D eigenvalue weighted by molar-refractivity contribution is 7.88. The molecule has 2 aromatic carbocycles. The van der Waals surface area contributed by atoms with Gasteiger partial charge in [0.1, 0.15) is 17.4 Å². The molecule has 2 aromatic rings. The average molecular weight is 654 g/mol. The fraction of sp³-hybridized carbons (Fsp3) is 0.344. The molecule has 4 rings (SSSR count). The molecule has 1 aliphatic carbocycles. The molecular formula is C32H36ClN5O6S. The molecule has 2 aliphatic rings. The van der Waals surface area contributed by atoms with Gasteiger partial charge in [0.25, 0.3) is 0 Å². The van der Waals surface area contributed by atoms with Crippen LogP contribution in [-0.4, -0.2) is 70.7 Å². The van der Waals surface area contributed by atoms with Crippen LogP contribution in [0.25, 0.3) is 5.57 Å². The van der Waals surface area contributed by atoms with Crippen molar-refractivity contribution in [1.29, 1.82) is 5.26 Å². The summed E-state index contributed by atoms with van der Waals surface area (Å²) in [7, 11) is -0.205. The van der Waals surface area contributed by atoms with Crippen LogP contribution in [0.3, 0.4) is 0 Å². The summed E-state index contributed by atoms with van der Waals surface area (Å²) in [6.07, 6.45) is 11.1. The normalized spacial score (nSPS) is 19.2. The summed E-state index contributed by atoms with van der Waals surface area (Å²) in [4.78, 5) is 25.5. The number of methoxy groups -OCH3 is 2. The van der Waals surface area contributed by atoms with Gasteiger partial charge in [-0.15, -0.1) is 0 Å². The van der Waals surface area contributed by atoms with Gasteiger partial charge in [-0.05, 0) is 42.7 Å². The minimum atomic E-state index is -3.20. The molecule has 0 aromatic heterocycles. The minimum Gasteiger partial charge on any atom is -0.495 e. The number of hydrogen-bond acceptors (Lipinski definition) is 8. The van der Waals surface area contributed by atoms with Crippen LogP contribution in [0.5, 0.6) is 5.75 Å². The molecule has 1 fully saturated rings. The van der Waals surface area contributed by atoms with Crippen LogP contribution in [0, 0.1) is 11.3 Å². The first-order chi connectivity index (χ1) is 21.4. The van der Waals surface area contributed by atoms with E-state index in [4.69, 9.17) is 26.8 Å². The smallest absolute Gasteiger partial charge is 0.249 e. The zero-order valence-electron chi connectivity index (χ0n) is 25.3. The van der Waals surface area contributed by atoms with Crippen molar-refractivity contribution in [3.8, 4) is 11.8 Å². The monoisotopic (exact) mass is 653 g/mol. The molecule has 45 heavy (non-hydrogen) atoms. The van der Waals surface area contributed by atoms with Crippen molar-refractivity contribution in [3.05, 3.63) is 88.0 Å². The second-order valence-electron chi connectivity index (χ2n) is 10.8. The van der Waals surface area contributed by atoms with E-state index >= 15 is 0 Å². The number of amides is 2. The van der Waals surface area contributed by atoms with Crippen LogP contribution in [0.2, 0.25) is 5.02 Å². The highest BCUT2D eigenvalue weighted by Crippen LogP contribution is 2.46. The number of nitriles is 1. The largest absolute Gasteiger partial charge is 0.495 e. The molecule has 1 atom stereocenters. The maximum atomic E-state index is 12.9. The third-order valence-electron chi connectivity index (χ3n) is 7.98. The maximum absolute atomic E-state index is 12.9. The van der Waals surface area contributed by atoms with Crippen molar-refractivity contribution >= 4 is 44.7 Å². The Bertz CT molecular complexity index is 1710. The SMILES string of the molecule is COc1c(Cl)cccc1C1=CC=CC(OC)(c2c(C(N)=O)ccc(NC(=O)C=CCNC3CCN(S(C)(=O)=O)CC3)c2C#N)C1. The van der Waals surface area contributed by atoms with Crippen LogP contribution >= 0.6 is 11.6 Å². The van der Waals surface area contributed by atoms with E-state index in [0.717, 1.165) is 11.1 Å². The molecule has 4 N–H and O–H groups in total. The number of primary amides is 1. The van der Waals surface area contributed by atoms with E-state index in [2.05, 4.69) is 16.7 Å². The van der Waals surface area contributed by atoms with Gasteiger partial charge in [-0.25, -0.2) is 12.7 Å². The summed E-state index contributed by atoms with van der Waals surface area (Å²) in [6, 6.07) is 10.6. The lowest BCUT2D eigenvalue weighted by molar-refractivity contribution is -0.111. The third-order valence-corrected chi connectivity index (χ3v) is 9.58. The Kier molecular flexibility index (Phi) is 10.9. The summed E-state index contributed by atoms with van der Waals surface area (Å²) in [5, 5.41) is 16.8. The van der Waals surface area contributed by atoms with Crippen molar-refractivity contribution in [3.63, 3.8) is 0 Å². The molecule has 238 valence electrons. The van der Waals surface area contributed by atoms with E-state index in [1.165, 1.54) is 43.0 Å². The summed E-state index contributed by atoms with van der Waals surface area (Å²) >= 11 is 6.38. The number of carbonyl (C=O) groups is 2. The number of nitrogens with zero attached hydrogens (tertiary/aromatic N) is 2. The molecule has 13 heteroatoms. The van der Waals surface area contributed by atoms with Crippen molar-refractivity contribution < 1.29 is 27.5 Å². The highest BCUT2D eigenvalue weighted by Gasteiger charge is 2.39. The number of para-hydroxylation sites is 1. The van der Waals surface area contributed by atoms with Gasteiger partial charge in [-0.2, -0.15) is 5.26 Å². The Hall–Kier alpha value is -3.99. The number of piperidine rings is 1. The lowest BCUT2D eigenvalue weighted by atomic mass is 9.77. The number of nitrogens with one attached hydrogen (secondary N) is 2. The predicted molar refractivity (Wildman–Crippen MR) is 173 cm³/mol. The quantitative estimate of drug-likeness (QED) is 0.309. The van der Waals surface area contributed by atoms with Gasteiger partial charge >= 0.3 is 0 Å². The summed E-state index contributed by atoms with van der Waals surface area (Å²) in [5.41, 5.74) is 6.52. The molecule has 1 heterocycles. The molecule has 1 saturated heterocycles. The molecule has 1 unspecified atom stereocenters. The van der Waals surface area contributed by atoms with Gasteiger partial charge in [0.05, 0.1) is 29.6 Å². The topological polar surface area (TPSA) is 164 Å². The molecule has 0 bridgehead atoms. The zero-order valence-corrected chi connectivity index (χ0v) is 26.9. The second kappa shape index (κ2) is 14.4. The van der Waals surface area contributed by atoms with E-state index in [-0.39, 0.29) is 34.8 Å². The lowest BCUT2D eigenvalue weighted by Crippen LogP contribution is -2.44. The minimum absolute atomic E-state index is 0.0367. The van der Waals surface area contributed by atoms with E-state index < -0.39 is 27.4 Å². The standard InChI is InChI=1S/C32H36ClN5O6S/c1-43-30-23(8-4-9-26(30)33)21-7-5-15-32(19-21,44-2)29-24(31(35)40)11-12-27(25(29)20-34)37-28(39)10-6-16-36-22-13-17-38(18-14-22)45(3,41)42/h4-12,15,22,36H,13-14,16-19H2,1-3H3,(H2,35,40)(H,37,39). The number of allylic oxidation sites excluding steroid dienone is 2. The van der Waals surface area contributed by atoms with Crippen molar-refractivity contribution in [2.45, 2.75) is 30.9 Å². The van der Waals surface area contributed by atoms with E-state index in [0.29, 0.717) is 43.2 Å². The molecule has 0 saturated carbocycles. The third kappa shape index (κ3) is 7.64. The summed E-state index contributed by atoms with van der Waals surface area (Å²) in [6.45, 7) is 1.29. The zero-order chi connectivity index (χ0) is 32.8. The average Bonchev–Trinajstić information content (AvgIpc) is 3.02. The molecule has 0 spiro atoms. The first kappa shape index (κ1) is 33.9. The Morgan fingerprint density at radius 3 is 2.58 bits per heavy atom. The first-order valence-electron chi connectivity index (χ1n) is 14.2. The predicted octanol–water partition coefficient (Wildman–Crippen LogP) is 3.71. The van der Waals surface area contributed by atoms with Crippen molar-refractivity contribution in [1.82, 2.24) is 9.62 Å². The number of sulfonamides is 1. The number of nitrogens with two attached hydrogens (primary N) is 1. The highest BCUT2D eigenvalue weighted by atomic mass is 35.5.